The van der Waals surface area contributed by atoms with E-state index in [1.807, 2.05) is 24.3 Å². The Labute approximate surface area is 139 Å². The number of ether oxygens (including phenoxy) is 1. The van der Waals surface area contributed by atoms with Crippen molar-refractivity contribution >= 4 is 23.4 Å². The second-order valence-corrected chi connectivity index (χ2v) is 6.25. The number of fused-ring (bicyclic) bond motifs is 1. The predicted molar refractivity (Wildman–Crippen MR) is 90.8 cm³/mol. The van der Waals surface area contributed by atoms with Gasteiger partial charge < -0.3 is 9.64 Å². The Morgan fingerprint density at radius 1 is 1.22 bits per heavy atom. The van der Waals surface area contributed by atoms with Crippen LogP contribution in [0.3, 0.4) is 0 Å². The quantitative estimate of drug-likeness (QED) is 0.867. The molecule has 0 saturated carbocycles. The molecule has 116 valence electrons. The monoisotopic (exact) mass is 324 g/mol. The van der Waals surface area contributed by atoms with E-state index in [1.165, 1.54) is 0 Å². The van der Waals surface area contributed by atoms with E-state index in [4.69, 9.17) is 10.00 Å². The molecule has 1 aliphatic rings. The zero-order valence-electron chi connectivity index (χ0n) is 12.6. The molecule has 0 atom stereocenters. The van der Waals surface area contributed by atoms with E-state index < -0.39 is 0 Å². The van der Waals surface area contributed by atoms with Gasteiger partial charge in [-0.05, 0) is 36.4 Å². The molecule has 0 aliphatic carbocycles. The average Bonchev–Trinajstić information content (AvgIpc) is 2.82. The molecule has 1 aliphatic heterocycles. The van der Waals surface area contributed by atoms with E-state index in [-0.39, 0.29) is 12.5 Å². The minimum absolute atomic E-state index is 0.0717. The summed E-state index contributed by atoms with van der Waals surface area (Å²) in [5, 5.41) is 9.07. The zero-order valence-corrected chi connectivity index (χ0v) is 13.4. The van der Waals surface area contributed by atoms with Gasteiger partial charge in [0.2, 0.25) is 0 Å². The lowest BCUT2D eigenvalue weighted by Gasteiger charge is -2.22. The maximum absolute atomic E-state index is 12.6. The summed E-state index contributed by atoms with van der Waals surface area (Å²) in [6.45, 7) is 0.615. The van der Waals surface area contributed by atoms with Crippen LogP contribution in [-0.2, 0) is 4.79 Å². The first-order chi connectivity index (χ1) is 11.3. The molecule has 5 heteroatoms. The summed E-state index contributed by atoms with van der Waals surface area (Å²) in [5.41, 5.74) is 1.38. The lowest BCUT2D eigenvalue weighted by molar-refractivity contribution is -0.120. The Morgan fingerprint density at radius 3 is 2.87 bits per heavy atom. The maximum atomic E-state index is 12.6. The SMILES string of the molecule is N#Cc1ccccc1OCC(=O)N1CCCSc2ccccc21. The number of rotatable bonds is 3. The van der Waals surface area contributed by atoms with Gasteiger partial charge >= 0.3 is 0 Å². The fraction of sp³-hybridized carbons (Fsp3) is 0.222. The topological polar surface area (TPSA) is 53.3 Å². The molecule has 0 aromatic heterocycles. The molecular formula is C18H16N2O2S. The van der Waals surface area contributed by atoms with Crippen molar-refractivity contribution in [3.8, 4) is 11.8 Å². The van der Waals surface area contributed by atoms with Gasteiger partial charge in [0.1, 0.15) is 11.8 Å². The molecule has 0 unspecified atom stereocenters. The van der Waals surface area contributed by atoms with Crippen LogP contribution in [0.15, 0.2) is 53.4 Å². The van der Waals surface area contributed by atoms with E-state index in [2.05, 4.69) is 6.07 Å². The van der Waals surface area contributed by atoms with Gasteiger partial charge in [-0.15, -0.1) is 11.8 Å². The summed E-state index contributed by atoms with van der Waals surface area (Å²) >= 11 is 1.77. The highest BCUT2D eigenvalue weighted by Gasteiger charge is 2.21. The van der Waals surface area contributed by atoms with E-state index in [1.54, 1.807) is 40.9 Å². The number of para-hydroxylation sites is 2. The minimum Gasteiger partial charge on any atom is -0.482 e. The first-order valence-corrected chi connectivity index (χ1v) is 8.42. The average molecular weight is 324 g/mol. The molecule has 0 saturated heterocycles. The highest BCUT2D eigenvalue weighted by Crippen LogP contribution is 2.33. The predicted octanol–water partition coefficient (Wildman–Crippen LogP) is 3.47. The number of anilines is 1. The van der Waals surface area contributed by atoms with Crippen LogP contribution >= 0.6 is 11.8 Å². The number of carbonyl (C=O) groups excluding carboxylic acids is 1. The molecule has 1 amide bonds. The molecule has 2 aromatic carbocycles. The Hall–Kier alpha value is -2.45. The Kier molecular flexibility index (Phi) is 4.84. The molecule has 23 heavy (non-hydrogen) atoms. The van der Waals surface area contributed by atoms with Crippen molar-refractivity contribution in [2.24, 2.45) is 0 Å². The smallest absolute Gasteiger partial charge is 0.264 e. The molecular weight excluding hydrogens is 308 g/mol. The molecule has 0 spiro atoms. The first kappa shape index (κ1) is 15.4. The molecule has 0 bridgehead atoms. The Bertz CT molecular complexity index is 755. The van der Waals surface area contributed by atoms with Crippen LogP contribution in [0.25, 0.3) is 0 Å². The van der Waals surface area contributed by atoms with Crippen molar-refractivity contribution in [3.05, 3.63) is 54.1 Å². The molecule has 0 radical (unpaired) electrons. The van der Waals surface area contributed by atoms with Crippen LogP contribution in [-0.4, -0.2) is 24.8 Å². The van der Waals surface area contributed by atoms with Crippen LogP contribution in [0.1, 0.15) is 12.0 Å². The first-order valence-electron chi connectivity index (χ1n) is 7.44. The summed E-state index contributed by atoms with van der Waals surface area (Å²) in [5.74, 6) is 1.35. The third-order valence-electron chi connectivity index (χ3n) is 3.60. The number of hydrogen-bond acceptors (Lipinski definition) is 4. The summed E-state index contributed by atoms with van der Waals surface area (Å²) < 4.78 is 5.58. The molecule has 0 fully saturated rings. The van der Waals surface area contributed by atoms with Crippen molar-refractivity contribution in [2.45, 2.75) is 11.3 Å². The fourth-order valence-corrected chi connectivity index (χ4v) is 3.48. The number of thioether (sulfide) groups is 1. The van der Waals surface area contributed by atoms with Crippen molar-refractivity contribution in [1.29, 1.82) is 5.26 Å². The molecule has 1 heterocycles. The Morgan fingerprint density at radius 2 is 2.00 bits per heavy atom. The highest BCUT2D eigenvalue weighted by molar-refractivity contribution is 7.99. The lowest BCUT2D eigenvalue weighted by Crippen LogP contribution is -2.35. The summed E-state index contributed by atoms with van der Waals surface area (Å²) in [4.78, 5) is 15.5. The van der Waals surface area contributed by atoms with Crippen molar-refractivity contribution in [1.82, 2.24) is 0 Å². The molecule has 3 rings (SSSR count). The lowest BCUT2D eigenvalue weighted by atomic mass is 10.2. The van der Waals surface area contributed by atoms with Gasteiger partial charge in [-0.1, -0.05) is 24.3 Å². The summed E-state index contributed by atoms with van der Waals surface area (Å²) in [6.07, 6.45) is 0.944. The van der Waals surface area contributed by atoms with Crippen molar-refractivity contribution in [2.75, 3.05) is 23.8 Å². The van der Waals surface area contributed by atoms with Crippen LogP contribution in [0.2, 0.25) is 0 Å². The van der Waals surface area contributed by atoms with Crippen LogP contribution < -0.4 is 9.64 Å². The van der Waals surface area contributed by atoms with Gasteiger partial charge in [0, 0.05) is 11.4 Å². The van der Waals surface area contributed by atoms with Gasteiger partial charge in [0.05, 0.1) is 11.3 Å². The van der Waals surface area contributed by atoms with E-state index in [0.29, 0.717) is 17.9 Å². The fourth-order valence-electron chi connectivity index (χ4n) is 2.49. The third-order valence-corrected chi connectivity index (χ3v) is 4.75. The third kappa shape index (κ3) is 3.49. The maximum Gasteiger partial charge on any atom is 0.264 e. The van der Waals surface area contributed by atoms with E-state index in [0.717, 1.165) is 22.8 Å². The molecule has 2 aromatic rings. The molecule has 0 N–H and O–H groups in total. The normalized spacial score (nSPS) is 13.6. The van der Waals surface area contributed by atoms with E-state index >= 15 is 0 Å². The van der Waals surface area contributed by atoms with Gasteiger partial charge in [0.15, 0.2) is 6.61 Å². The Balaban J connectivity index is 1.75. The number of amides is 1. The largest absolute Gasteiger partial charge is 0.482 e. The minimum atomic E-state index is -0.0901. The van der Waals surface area contributed by atoms with Crippen molar-refractivity contribution < 1.29 is 9.53 Å². The standard InChI is InChI=1S/C18H16N2O2S/c19-12-14-6-1-3-8-16(14)22-13-18(21)20-10-5-11-23-17-9-4-2-7-15(17)20/h1-4,6-9H,5,10-11,13H2. The second-order valence-electron chi connectivity index (χ2n) is 5.11. The van der Waals surface area contributed by atoms with E-state index in [9.17, 15) is 4.79 Å². The number of nitrogens with zero attached hydrogens (tertiary/aromatic N) is 2. The number of nitriles is 1. The summed E-state index contributed by atoms with van der Waals surface area (Å²) in [7, 11) is 0. The van der Waals surface area contributed by atoms with Gasteiger partial charge in [0.25, 0.3) is 5.91 Å². The van der Waals surface area contributed by atoms with Crippen molar-refractivity contribution in [3.63, 3.8) is 0 Å². The number of benzene rings is 2. The van der Waals surface area contributed by atoms with Gasteiger partial charge in [-0.3, -0.25) is 4.79 Å². The van der Waals surface area contributed by atoms with Crippen LogP contribution in [0, 0.1) is 11.3 Å². The number of carbonyl (C=O) groups is 1. The van der Waals surface area contributed by atoms with Crippen LogP contribution in [0.5, 0.6) is 5.75 Å². The number of hydrogen-bond donors (Lipinski definition) is 0. The molecule has 4 nitrogen and oxygen atoms in total. The summed E-state index contributed by atoms with van der Waals surface area (Å²) in [6, 6.07) is 17.0. The van der Waals surface area contributed by atoms with Gasteiger partial charge in [-0.2, -0.15) is 5.26 Å². The highest BCUT2D eigenvalue weighted by atomic mass is 32.2. The van der Waals surface area contributed by atoms with Crippen LogP contribution in [0.4, 0.5) is 5.69 Å². The van der Waals surface area contributed by atoms with Gasteiger partial charge in [-0.25, -0.2) is 0 Å². The second kappa shape index (κ2) is 7.21. The zero-order chi connectivity index (χ0) is 16.1.